The van der Waals surface area contributed by atoms with Gasteiger partial charge in [-0.25, -0.2) is 8.42 Å². The molecule has 4 heterocycles. The minimum absolute atomic E-state index is 0.0182. The third-order valence-electron chi connectivity index (χ3n) is 12.4. The van der Waals surface area contributed by atoms with E-state index in [1.165, 1.54) is 13.8 Å². The second-order valence-electron chi connectivity index (χ2n) is 15.8. The molecule has 7 rings (SSSR count). The van der Waals surface area contributed by atoms with E-state index in [4.69, 9.17) is 18.9 Å². The maximum absolute atomic E-state index is 14.9. The average Bonchev–Trinajstić information content (AvgIpc) is 3.51. The van der Waals surface area contributed by atoms with Gasteiger partial charge in [-0.15, -0.1) is 0 Å². The van der Waals surface area contributed by atoms with Crippen LogP contribution in [0.2, 0.25) is 0 Å². The molecule has 2 atom stereocenters. The van der Waals surface area contributed by atoms with Gasteiger partial charge in [0.15, 0.2) is 0 Å². The molecule has 4 aliphatic rings. The smallest absolute Gasteiger partial charge is 0.302 e. The molecule has 3 aromatic rings. The Morgan fingerprint density at radius 3 is 1.70 bits per heavy atom. The second-order valence-corrected chi connectivity index (χ2v) is 17.6. The van der Waals surface area contributed by atoms with Crippen LogP contribution in [0.25, 0.3) is 0 Å². The number of hydrogen-bond donors (Lipinski definition) is 1. The number of carbonyl (C=O) groups is 2. The number of hydrogen-bond acceptors (Lipinski definition) is 11. The summed E-state index contributed by atoms with van der Waals surface area (Å²) in [5, 5.41) is 9.50. The van der Waals surface area contributed by atoms with Crippen molar-refractivity contribution in [2.75, 3.05) is 62.5 Å². The van der Waals surface area contributed by atoms with E-state index in [0.29, 0.717) is 41.3 Å². The average molecular weight is 762 g/mol. The van der Waals surface area contributed by atoms with Gasteiger partial charge in [0.2, 0.25) is 10.0 Å². The third kappa shape index (κ3) is 5.60. The first kappa shape index (κ1) is 38.1. The van der Waals surface area contributed by atoms with Crippen molar-refractivity contribution >= 4 is 33.3 Å². The van der Waals surface area contributed by atoms with Crippen LogP contribution >= 0.6 is 0 Å². The predicted octanol–water partition coefficient (Wildman–Crippen LogP) is 5.20. The van der Waals surface area contributed by atoms with Gasteiger partial charge in [-0.05, 0) is 43.2 Å². The summed E-state index contributed by atoms with van der Waals surface area (Å²) in [5.74, 6) is 0.358. The molecule has 0 aliphatic carbocycles. The number of esters is 2. The molecule has 0 saturated heterocycles. The van der Waals surface area contributed by atoms with Gasteiger partial charge in [0, 0.05) is 83.5 Å². The van der Waals surface area contributed by atoms with E-state index in [-0.39, 0.29) is 79.3 Å². The number of aliphatic hydroxyl groups is 1. The summed E-state index contributed by atoms with van der Waals surface area (Å²) in [7, 11) is -4.08. The number of benzene rings is 3. The highest BCUT2D eigenvalue weighted by Gasteiger charge is 2.61. The van der Waals surface area contributed by atoms with Crippen LogP contribution < -0.4 is 14.5 Å². The fourth-order valence-corrected chi connectivity index (χ4v) is 11.0. The highest BCUT2D eigenvalue weighted by molar-refractivity contribution is 7.89. The standard InChI is InChI=1S/C41H51N3O9S/c1-25-39(5,6)30-21-32-36(23-34(30)42(25)13-18-51-27(3)46)53-37-24-35-31(40(7,8)26(2)43(35)14-19-52-28(4)47)22-33(37)41(32)29-11-9-10-12-38(29)54(48,49)44(41)15-17-50-20-16-45/h9-12,21-26,45H,13-20H2,1-8H3/t25-,26-/m1/s1. The number of fused-ring (bicyclic) bond motifs is 8. The highest BCUT2D eigenvalue weighted by Crippen LogP contribution is 2.63. The molecule has 12 nitrogen and oxygen atoms in total. The Morgan fingerprint density at radius 1 is 0.722 bits per heavy atom. The Kier molecular flexibility index (Phi) is 9.56. The monoisotopic (exact) mass is 761 g/mol. The lowest BCUT2D eigenvalue weighted by Gasteiger charge is -2.44. The first-order valence-electron chi connectivity index (χ1n) is 18.7. The van der Waals surface area contributed by atoms with Gasteiger partial charge in [-0.2, -0.15) is 4.31 Å². The summed E-state index contributed by atoms with van der Waals surface area (Å²) in [6.45, 7) is 17.2. The summed E-state index contributed by atoms with van der Waals surface area (Å²) in [4.78, 5) is 28.1. The molecule has 4 aliphatic heterocycles. The largest absolute Gasteiger partial charge is 0.464 e. The molecule has 0 amide bonds. The maximum Gasteiger partial charge on any atom is 0.302 e. The van der Waals surface area contributed by atoms with Gasteiger partial charge in [0.05, 0.1) is 37.8 Å². The molecular weight excluding hydrogens is 711 g/mol. The van der Waals surface area contributed by atoms with Crippen LogP contribution in [-0.4, -0.2) is 94.5 Å². The van der Waals surface area contributed by atoms with Crippen molar-refractivity contribution in [3.8, 4) is 11.5 Å². The van der Waals surface area contributed by atoms with Gasteiger partial charge in [0.1, 0.15) is 30.3 Å². The molecule has 0 aromatic heterocycles. The van der Waals surface area contributed by atoms with Crippen molar-refractivity contribution in [1.29, 1.82) is 0 Å². The first-order chi connectivity index (χ1) is 25.5. The molecule has 1 spiro atoms. The Morgan fingerprint density at radius 2 is 1.22 bits per heavy atom. The van der Waals surface area contributed by atoms with Crippen LogP contribution in [0.4, 0.5) is 11.4 Å². The quantitative estimate of drug-likeness (QED) is 0.204. The van der Waals surface area contributed by atoms with Gasteiger partial charge >= 0.3 is 11.9 Å². The fourth-order valence-electron chi connectivity index (χ4n) is 9.08. The third-order valence-corrected chi connectivity index (χ3v) is 14.3. The van der Waals surface area contributed by atoms with Crippen LogP contribution in [0.15, 0.2) is 53.4 Å². The van der Waals surface area contributed by atoms with Crippen LogP contribution in [0, 0.1) is 0 Å². The molecule has 13 heteroatoms. The lowest BCUT2D eigenvalue weighted by atomic mass is 9.71. The molecule has 0 saturated carbocycles. The molecule has 0 fully saturated rings. The SMILES string of the molecule is CC(=O)OCCN1c2cc3c(cc2C(C)(C)[C@H]1C)C1(c2cc4c(cc2O3)N(CCOC(C)=O)[C@H](C)C4(C)C)c2ccccc2S(=O)(=O)N1CCOCCO. The lowest BCUT2D eigenvalue weighted by Crippen LogP contribution is -2.49. The minimum Gasteiger partial charge on any atom is -0.464 e. The normalized spacial score (nSPS) is 21.9. The summed E-state index contributed by atoms with van der Waals surface area (Å²) in [6.07, 6.45) is 0. The van der Waals surface area contributed by atoms with Crippen molar-refractivity contribution in [1.82, 2.24) is 4.31 Å². The van der Waals surface area contributed by atoms with Crippen LogP contribution in [0.1, 0.15) is 83.2 Å². The van der Waals surface area contributed by atoms with Crippen molar-refractivity contribution in [2.24, 2.45) is 0 Å². The molecule has 0 radical (unpaired) electrons. The molecular formula is C41H51N3O9S. The van der Waals surface area contributed by atoms with Gasteiger partial charge in [-0.1, -0.05) is 45.9 Å². The van der Waals surface area contributed by atoms with E-state index in [2.05, 4.69) is 63.5 Å². The Balaban J connectivity index is 1.50. The van der Waals surface area contributed by atoms with E-state index in [1.807, 2.05) is 24.3 Å². The van der Waals surface area contributed by atoms with Gasteiger partial charge < -0.3 is 33.9 Å². The molecule has 0 bridgehead atoms. The zero-order chi connectivity index (χ0) is 39.0. The van der Waals surface area contributed by atoms with Gasteiger partial charge in [0.25, 0.3) is 0 Å². The number of aliphatic hydroxyl groups excluding tert-OH is 1. The maximum atomic E-state index is 14.9. The summed E-state index contributed by atoms with van der Waals surface area (Å²) < 4.78 is 54.8. The summed E-state index contributed by atoms with van der Waals surface area (Å²) in [5.41, 5.74) is 3.91. The van der Waals surface area contributed by atoms with Crippen molar-refractivity contribution in [2.45, 2.75) is 88.7 Å². The fraction of sp³-hybridized carbons (Fsp3) is 0.512. The van der Waals surface area contributed by atoms with Gasteiger partial charge in [-0.3, -0.25) is 9.59 Å². The topological polar surface area (TPSA) is 135 Å². The van der Waals surface area contributed by atoms with E-state index in [1.54, 1.807) is 16.4 Å². The Hall–Kier alpha value is -4.17. The number of nitrogens with zero attached hydrogens (tertiary/aromatic N) is 3. The molecule has 54 heavy (non-hydrogen) atoms. The summed E-state index contributed by atoms with van der Waals surface area (Å²) >= 11 is 0. The zero-order valence-electron chi connectivity index (χ0n) is 32.4. The highest BCUT2D eigenvalue weighted by atomic mass is 32.2. The number of ether oxygens (including phenoxy) is 4. The van der Waals surface area contributed by atoms with Crippen molar-refractivity contribution in [3.63, 3.8) is 0 Å². The van der Waals surface area contributed by atoms with E-state index >= 15 is 0 Å². The zero-order valence-corrected chi connectivity index (χ0v) is 33.2. The van der Waals surface area contributed by atoms with E-state index in [9.17, 15) is 23.1 Å². The number of anilines is 2. The first-order valence-corrected chi connectivity index (χ1v) is 20.1. The minimum atomic E-state index is -4.08. The second kappa shape index (κ2) is 13.5. The predicted molar refractivity (Wildman–Crippen MR) is 204 cm³/mol. The summed E-state index contributed by atoms with van der Waals surface area (Å²) in [6, 6.07) is 15.5. The lowest BCUT2D eigenvalue weighted by molar-refractivity contribution is -0.141. The molecule has 3 aromatic carbocycles. The van der Waals surface area contributed by atoms with E-state index in [0.717, 1.165) is 22.5 Å². The van der Waals surface area contributed by atoms with Crippen LogP contribution in [-0.2, 0) is 50.2 Å². The number of carbonyl (C=O) groups excluding carboxylic acids is 2. The molecule has 0 unspecified atom stereocenters. The van der Waals surface area contributed by atoms with E-state index < -0.39 is 15.6 Å². The van der Waals surface area contributed by atoms with Crippen LogP contribution in [0.3, 0.4) is 0 Å². The van der Waals surface area contributed by atoms with Crippen molar-refractivity contribution < 1.29 is 42.1 Å². The van der Waals surface area contributed by atoms with Crippen molar-refractivity contribution in [3.05, 3.63) is 76.3 Å². The molecule has 1 N–H and O–H groups in total. The number of rotatable bonds is 11. The molecule has 290 valence electrons. The number of sulfonamides is 1. The Bertz CT molecular complexity index is 2010. The van der Waals surface area contributed by atoms with Crippen LogP contribution in [0.5, 0.6) is 11.5 Å². The Labute approximate surface area is 318 Å².